The number of hydrogen-bond donors (Lipinski definition) is 0. The molecule has 0 radical (unpaired) electrons. The molecule has 0 aromatic carbocycles. The monoisotopic (exact) mass is 920 g/mol. The molecule has 0 spiro atoms. The van der Waals surface area contributed by atoms with Gasteiger partial charge in [0.2, 0.25) is 0 Å². The summed E-state index contributed by atoms with van der Waals surface area (Å²) in [5.41, 5.74) is 0. The molecule has 10 aliphatic rings. The van der Waals surface area contributed by atoms with Crippen LogP contribution in [0.2, 0.25) is 0 Å². The van der Waals surface area contributed by atoms with Crippen LogP contribution in [0.3, 0.4) is 0 Å². The zero-order valence-electron chi connectivity index (χ0n) is 28.8. The summed E-state index contributed by atoms with van der Waals surface area (Å²) in [5, 5.41) is 121. The van der Waals surface area contributed by atoms with E-state index in [1.165, 1.54) is 0 Å². The van der Waals surface area contributed by atoms with Gasteiger partial charge in [-0.05, 0) is 0 Å². The van der Waals surface area contributed by atoms with E-state index in [9.17, 15) is 121 Å². The molecular weight excluding hydrogens is 908 g/mol. The van der Waals surface area contributed by atoms with Crippen LogP contribution in [0.15, 0.2) is 0 Å². The van der Waals surface area contributed by atoms with Gasteiger partial charge in [-0.3, -0.25) is 0 Å². The lowest BCUT2D eigenvalue weighted by Crippen LogP contribution is -2.77. The van der Waals surface area contributed by atoms with E-state index in [0.717, 1.165) is 0 Å². The maximum Gasteiger partial charge on any atom is 0.373 e. The Labute approximate surface area is 332 Å². The average molecular weight is 920 g/mol. The Bertz CT molecular complexity index is 1810. The second-order valence-electron chi connectivity index (χ2n) is 12.5. The summed E-state index contributed by atoms with van der Waals surface area (Å²) >= 11 is 0. The number of nitro groups is 12. The Hall–Kier alpha value is -10.2. The van der Waals surface area contributed by atoms with E-state index >= 15 is 0 Å². The molecule has 63 heavy (non-hydrogen) atoms. The Morgan fingerprint density at radius 2 is 0.254 bits per heavy atom. The third-order valence-electron chi connectivity index (χ3n) is 10.4. The normalized spacial score (nSPS) is 31.7. The summed E-state index contributed by atoms with van der Waals surface area (Å²) in [7, 11) is 0. The lowest BCUT2D eigenvalue weighted by Gasteiger charge is -2.39. The van der Waals surface area contributed by atoms with Crippen molar-refractivity contribution in [1.29, 1.82) is 0 Å². The number of rotatable bonds is 12. The molecule has 12 bridgehead atoms. The van der Waals surface area contributed by atoms with Crippen molar-refractivity contribution in [1.82, 2.24) is 60.1 Å². The first-order chi connectivity index (χ1) is 29.3. The number of hydrogen-bond acceptors (Lipinski definition) is 26. The molecule has 0 saturated carbocycles. The van der Waals surface area contributed by atoms with Crippen LogP contribution in [0.4, 0.5) is 0 Å². The fraction of sp³-hybridized carbons (Fsp3) is 0.923. The van der Waals surface area contributed by atoms with E-state index < -0.39 is 134 Å². The molecule has 10 aliphatic heterocycles. The van der Waals surface area contributed by atoms with Gasteiger partial charge in [-0.1, -0.05) is 60.1 Å². The Morgan fingerprint density at radius 3 is 0.286 bits per heavy atom. The van der Waals surface area contributed by atoms with E-state index in [1.807, 2.05) is 0 Å². The van der Waals surface area contributed by atoms with Crippen LogP contribution in [0.25, 0.3) is 0 Å². The first-order valence-corrected chi connectivity index (χ1v) is 15.4. The summed E-state index contributed by atoms with van der Waals surface area (Å²) in [4.78, 5) is 156. The van der Waals surface area contributed by atoms with Crippen LogP contribution in [-0.2, 0) is 9.59 Å². The van der Waals surface area contributed by atoms with Gasteiger partial charge in [-0.25, -0.2) is 121 Å². The van der Waals surface area contributed by atoms with Gasteiger partial charge in [-0.2, -0.15) is 9.59 Å². The number of carbonyl (C=O) groups excluding carboxylic acids is 2. The molecule has 0 aliphatic carbocycles. The quantitative estimate of drug-likeness (QED) is 0.130. The number of nitrogens with zero attached hydrogens (tertiary/aromatic N) is 24. The summed E-state index contributed by atoms with van der Waals surface area (Å²) in [5.74, 6) is 0. The maximum absolute atomic E-state index is 11.7. The highest BCUT2D eigenvalue weighted by Crippen LogP contribution is 2.53. The molecule has 0 aromatic rings. The van der Waals surface area contributed by atoms with Gasteiger partial charge in [0.15, 0.2) is 60.4 Å². The highest BCUT2D eigenvalue weighted by Gasteiger charge is 2.91. The minimum absolute atomic E-state index is 0.180. The summed E-state index contributed by atoms with van der Waals surface area (Å²) in [6, 6.07) is 0. The van der Waals surface area contributed by atoms with Gasteiger partial charge in [-0.15, -0.1) is 0 Å². The predicted octanol–water partition coefficient (Wildman–Crippen LogP) is -8.66. The van der Waals surface area contributed by atoms with Crippen molar-refractivity contribution in [2.45, 2.75) is 74.0 Å². The highest BCUT2D eigenvalue weighted by molar-refractivity contribution is 5.20. The third kappa shape index (κ3) is 5.15. The van der Waals surface area contributed by atoms with E-state index in [2.05, 4.69) is 0 Å². The third-order valence-corrected chi connectivity index (χ3v) is 10.4. The van der Waals surface area contributed by atoms with Gasteiger partial charge in [0, 0.05) is 0 Å². The molecule has 0 amide bonds. The zero-order valence-corrected chi connectivity index (χ0v) is 28.8. The van der Waals surface area contributed by atoms with Crippen LogP contribution in [0, 0.1) is 121 Å². The van der Waals surface area contributed by atoms with Crippen molar-refractivity contribution in [3.63, 3.8) is 0 Å². The standard InChI is InChI=1S/2C6H6N12O12.CO2/c2*19-13(20)7-1-2-8(14(21)22)5(7)6-9(15(23)24)3(11(1)17(27)28)4(10(6)16(25)26)12(2)18(29)30;2-1-3/h2*1-6H;/t2*1-,2+,3+,4-,5?,6?;. The smallest absolute Gasteiger partial charge is 0.235 e. The molecule has 50 nitrogen and oxygen atoms in total. The van der Waals surface area contributed by atoms with Crippen molar-refractivity contribution in [2.75, 3.05) is 0 Å². The highest BCUT2D eigenvalue weighted by atomic mass is 16.8. The van der Waals surface area contributed by atoms with Gasteiger partial charge in [0.05, 0.1) is 0 Å². The number of hydrazine groups is 12. The van der Waals surface area contributed by atoms with Gasteiger partial charge in [0.25, 0.3) is 74.0 Å². The molecule has 50 heteroatoms. The molecule has 10 fully saturated rings. The lowest BCUT2D eigenvalue weighted by molar-refractivity contribution is -0.792. The molecule has 10 rings (SSSR count). The predicted molar refractivity (Wildman–Crippen MR) is 156 cm³/mol. The first-order valence-electron chi connectivity index (χ1n) is 15.4. The fourth-order valence-electron chi connectivity index (χ4n) is 8.93. The zero-order chi connectivity index (χ0) is 47.5. The second-order valence-corrected chi connectivity index (χ2v) is 12.5. The SMILES string of the molecule is O=C=O.O=[N+]([O-])N1C2C3N([N+](=O)[O-])[C@H]4[C@@H](N3[N+](=O)[O-])N([N+](=O)[O-])[C@@H]1[C@@H](N2[N+](=O)[O-])N4[N+](=O)[O-].O=[N+]([O-])N1C2C3N([N+](=O)[O-])[C@H]4[C@@H](N3[N+](=O)[O-])N([N+](=O)[O-])[C@@H]1[C@@H](N2[N+](=O)[O-])N4[N+](=O)[O-]. The van der Waals surface area contributed by atoms with Gasteiger partial charge >= 0.3 is 6.15 Å². The molecule has 0 atom stereocenters. The van der Waals surface area contributed by atoms with Crippen LogP contribution in [-0.4, -0.2) is 201 Å². The van der Waals surface area contributed by atoms with Crippen LogP contribution < -0.4 is 0 Å². The second kappa shape index (κ2) is 13.7. The molecule has 340 valence electrons. The topological polar surface area (TPSA) is 591 Å². The van der Waals surface area contributed by atoms with Gasteiger partial charge in [0.1, 0.15) is 0 Å². The average Bonchev–Trinajstić information content (AvgIpc) is 3.79. The van der Waals surface area contributed by atoms with Crippen LogP contribution in [0.5, 0.6) is 0 Å². The van der Waals surface area contributed by atoms with E-state index in [0.29, 0.717) is 0 Å². The van der Waals surface area contributed by atoms with Crippen LogP contribution >= 0.6 is 0 Å². The first kappa shape index (κ1) is 42.4. The molecule has 0 unspecified atom stereocenters. The molecular formula is C13H12N24O26. The Balaban J connectivity index is 0.000000198. The largest absolute Gasteiger partial charge is 0.373 e. The maximum atomic E-state index is 11.7. The number of piperazine rings is 2. The molecule has 10 saturated heterocycles. The Morgan fingerprint density at radius 1 is 0.206 bits per heavy atom. The molecule has 0 aromatic heterocycles. The minimum Gasteiger partial charge on any atom is -0.235 e. The van der Waals surface area contributed by atoms with Crippen molar-refractivity contribution in [3.8, 4) is 0 Å². The Kier molecular flexibility index (Phi) is 9.21. The van der Waals surface area contributed by atoms with Crippen LogP contribution in [0.1, 0.15) is 0 Å². The van der Waals surface area contributed by atoms with Crippen molar-refractivity contribution < 1.29 is 70.0 Å². The van der Waals surface area contributed by atoms with Crippen molar-refractivity contribution in [3.05, 3.63) is 121 Å². The fourth-order valence-corrected chi connectivity index (χ4v) is 8.93. The summed E-state index contributed by atoms with van der Waals surface area (Å²) < 4.78 is 0. The van der Waals surface area contributed by atoms with Gasteiger partial charge < -0.3 is 0 Å². The van der Waals surface area contributed by atoms with E-state index in [4.69, 9.17) is 9.59 Å². The van der Waals surface area contributed by atoms with Crippen molar-refractivity contribution >= 4 is 6.15 Å². The van der Waals surface area contributed by atoms with E-state index in [1.54, 1.807) is 0 Å². The summed E-state index contributed by atoms with van der Waals surface area (Å²) in [6.07, 6.45) is -28.5. The minimum atomic E-state index is -2.47. The van der Waals surface area contributed by atoms with E-state index in [-0.39, 0.29) is 66.3 Å². The lowest BCUT2D eigenvalue weighted by atomic mass is 10.2. The molecule has 0 N–H and O–H groups in total. The summed E-state index contributed by atoms with van der Waals surface area (Å²) in [6.45, 7) is 0. The van der Waals surface area contributed by atoms with Crippen molar-refractivity contribution in [2.24, 2.45) is 0 Å². The molecule has 10 heterocycles.